The second-order valence-corrected chi connectivity index (χ2v) is 6.47. The number of hydrogen-bond acceptors (Lipinski definition) is 5. The molecular formula is C23H22N2O5. The Kier molecular flexibility index (Phi) is 6.64. The van der Waals surface area contributed by atoms with Crippen molar-refractivity contribution in [1.29, 1.82) is 0 Å². The van der Waals surface area contributed by atoms with Crippen LogP contribution in [0.15, 0.2) is 66.8 Å². The minimum atomic E-state index is -0.794. The number of anilines is 1. The van der Waals surface area contributed by atoms with Crippen LogP contribution in [0.3, 0.4) is 0 Å². The molecule has 2 aromatic rings. The van der Waals surface area contributed by atoms with Crippen LogP contribution in [0.1, 0.15) is 18.9 Å². The molecule has 0 radical (unpaired) electrons. The van der Waals surface area contributed by atoms with Gasteiger partial charge >= 0.3 is 6.03 Å². The van der Waals surface area contributed by atoms with Gasteiger partial charge in [0.1, 0.15) is 23.7 Å². The Bertz CT molecular complexity index is 978. The molecule has 2 aromatic carbocycles. The third kappa shape index (κ3) is 4.75. The maximum absolute atomic E-state index is 12.9. The first-order chi connectivity index (χ1) is 14.5. The summed E-state index contributed by atoms with van der Waals surface area (Å²) in [7, 11) is 0. The number of carbonyl (C=O) groups excluding carboxylic acids is 3. The smallest absolute Gasteiger partial charge is 0.335 e. The highest BCUT2D eigenvalue weighted by molar-refractivity contribution is 6.39. The van der Waals surface area contributed by atoms with Crippen molar-refractivity contribution in [3.8, 4) is 11.5 Å². The number of hydrogen-bond donors (Lipinski definition) is 1. The number of nitrogens with zero attached hydrogens (tertiary/aromatic N) is 1. The molecule has 3 rings (SSSR count). The van der Waals surface area contributed by atoms with Crippen molar-refractivity contribution in [2.24, 2.45) is 0 Å². The van der Waals surface area contributed by atoms with Gasteiger partial charge in [0.2, 0.25) is 0 Å². The van der Waals surface area contributed by atoms with Gasteiger partial charge in [0.25, 0.3) is 11.8 Å². The van der Waals surface area contributed by atoms with E-state index in [4.69, 9.17) is 9.47 Å². The first-order valence-electron chi connectivity index (χ1n) is 9.51. The van der Waals surface area contributed by atoms with Gasteiger partial charge < -0.3 is 9.47 Å². The number of carbonyl (C=O) groups is 3. The zero-order valence-electron chi connectivity index (χ0n) is 16.6. The maximum atomic E-state index is 12.9. The summed E-state index contributed by atoms with van der Waals surface area (Å²) in [5.74, 6) is -0.163. The van der Waals surface area contributed by atoms with Crippen molar-refractivity contribution in [2.75, 3.05) is 18.1 Å². The van der Waals surface area contributed by atoms with Crippen LogP contribution >= 0.6 is 0 Å². The van der Waals surface area contributed by atoms with Gasteiger partial charge in [-0.05, 0) is 54.5 Å². The predicted octanol–water partition coefficient (Wildman–Crippen LogP) is 3.71. The van der Waals surface area contributed by atoms with Crippen LogP contribution in [0, 0.1) is 0 Å². The van der Waals surface area contributed by atoms with E-state index in [1.807, 2.05) is 6.92 Å². The lowest BCUT2D eigenvalue weighted by Crippen LogP contribution is -2.54. The summed E-state index contributed by atoms with van der Waals surface area (Å²) >= 11 is 0. The second kappa shape index (κ2) is 9.56. The van der Waals surface area contributed by atoms with E-state index in [9.17, 15) is 14.4 Å². The molecule has 1 aliphatic rings. The Balaban J connectivity index is 1.83. The fourth-order valence-corrected chi connectivity index (χ4v) is 2.79. The third-order valence-corrected chi connectivity index (χ3v) is 4.23. The lowest BCUT2D eigenvalue weighted by Gasteiger charge is -2.26. The van der Waals surface area contributed by atoms with E-state index in [-0.39, 0.29) is 5.57 Å². The number of benzene rings is 2. The van der Waals surface area contributed by atoms with E-state index in [1.54, 1.807) is 54.6 Å². The minimum absolute atomic E-state index is 0.138. The molecule has 154 valence electrons. The Hall–Kier alpha value is -3.87. The first-order valence-corrected chi connectivity index (χ1v) is 9.51. The number of amides is 4. The molecule has 0 saturated carbocycles. The van der Waals surface area contributed by atoms with Crippen LogP contribution in [-0.4, -0.2) is 31.1 Å². The van der Waals surface area contributed by atoms with Crippen LogP contribution in [0.4, 0.5) is 10.5 Å². The van der Waals surface area contributed by atoms with Crippen LogP contribution in [-0.2, 0) is 9.59 Å². The summed E-state index contributed by atoms with van der Waals surface area (Å²) in [6.07, 6.45) is 3.94. The lowest BCUT2D eigenvalue weighted by atomic mass is 10.1. The van der Waals surface area contributed by atoms with Gasteiger partial charge in [0, 0.05) is 0 Å². The van der Waals surface area contributed by atoms with E-state index in [0.29, 0.717) is 36.0 Å². The number of ether oxygens (including phenoxy) is 2. The van der Waals surface area contributed by atoms with E-state index in [1.165, 1.54) is 6.08 Å². The molecule has 7 heteroatoms. The highest BCUT2D eigenvalue weighted by Crippen LogP contribution is 2.25. The molecule has 1 aliphatic heterocycles. The molecule has 0 aromatic heterocycles. The predicted molar refractivity (Wildman–Crippen MR) is 113 cm³/mol. The quantitative estimate of drug-likeness (QED) is 0.410. The van der Waals surface area contributed by atoms with Crippen LogP contribution < -0.4 is 19.7 Å². The van der Waals surface area contributed by atoms with Crippen LogP contribution in [0.25, 0.3) is 6.08 Å². The van der Waals surface area contributed by atoms with Gasteiger partial charge in [-0.2, -0.15) is 0 Å². The van der Waals surface area contributed by atoms with E-state index in [0.717, 1.165) is 11.3 Å². The molecule has 0 aliphatic carbocycles. The Morgan fingerprint density at radius 3 is 2.23 bits per heavy atom. The average Bonchev–Trinajstić information content (AvgIpc) is 2.75. The standard InChI is InChI=1S/C23H22N2O5/c1-3-13-29-18-9-5-16(6-10-18)15-20-21(26)24-23(28)25(22(20)27)17-7-11-19(12-8-17)30-14-4-2/h3,5-12,15H,1,4,13-14H2,2H3,(H,24,26,28)/b20-15-. The fraction of sp³-hybridized carbons (Fsp3) is 0.174. The molecule has 0 spiro atoms. The molecule has 30 heavy (non-hydrogen) atoms. The molecule has 7 nitrogen and oxygen atoms in total. The monoisotopic (exact) mass is 406 g/mol. The Morgan fingerprint density at radius 1 is 0.967 bits per heavy atom. The third-order valence-electron chi connectivity index (χ3n) is 4.23. The molecule has 1 heterocycles. The van der Waals surface area contributed by atoms with E-state index < -0.39 is 17.8 Å². The number of rotatable bonds is 8. The molecule has 0 unspecified atom stereocenters. The Morgan fingerprint density at radius 2 is 1.60 bits per heavy atom. The molecule has 0 bridgehead atoms. The molecule has 1 fully saturated rings. The maximum Gasteiger partial charge on any atom is 0.335 e. The van der Waals surface area contributed by atoms with E-state index >= 15 is 0 Å². The zero-order chi connectivity index (χ0) is 21.5. The number of urea groups is 1. The SMILES string of the molecule is C=CCOc1ccc(/C=C2/C(=O)NC(=O)N(c3ccc(OCCC)cc3)C2=O)cc1. The summed E-state index contributed by atoms with van der Waals surface area (Å²) in [5.41, 5.74) is 0.825. The van der Waals surface area contributed by atoms with Crippen LogP contribution in [0.2, 0.25) is 0 Å². The summed E-state index contributed by atoms with van der Waals surface area (Å²) in [4.78, 5) is 38.4. The molecule has 4 amide bonds. The van der Waals surface area contributed by atoms with Crippen molar-refractivity contribution in [3.63, 3.8) is 0 Å². The largest absolute Gasteiger partial charge is 0.494 e. The minimum Gasteiger partial charge on any atom is -0.494 e. The number of barbiturate groups is 1. The van der Waals surface area contributed by atoms with Gasteiger partial charge in [-0.1, -0.05) is 31.7 Å². The molecule has 1 saturated heterocycles. The van der Waals surface area contributed by atoms with Gasteiger partial charge in [-0.15, -0.1) is 0 Å². The summed E-state index contributed by atoms with van der Waals surface area (Å²) < 4.78 is 10.9. The van der Waals surface area contributed by atoms with Crippen molar-refractivity contribution >= 4 is 29.6 Å². The van der Waals surface area contributed by atoms with E-state index in [2.05, 4.69) is 11.9 Å². The highest BCUT2D eigenvalue weighted by atomic mass is 16.5. The van der Waals surface area contributed by atoms with Gasteiger partial charge in [0.15, 0.2) is 0 Å². The van der Waals surface area contributed by atoms with Gasteiger partial charge in [0.05, 0.1) is 12.3 Å². The average molecular weight is 406 g/mol. The summed E-state index contributed by atoms with van der Waals surface area (Å²) in [6.45, 7) is 6.53. The van der Waals surface area contributed by atoms with Crippen LogP contribution in [0.5, 0.6) is 11.5 Å². The number of nitrogens with one attached hydrogen (secondary N) is 1. The summed E-state index contributed by atoms with van der Waals surface area (Å²) in [6, 6.07) is 12.6. The topological polar surface area (TPSA) is 84.9 Å². The van der Waals surface area contributed by atoms with Gasteiger partial charge in [-0.3, -0.25) is 14.9 Å². The van der Waals surface area contributed by atoms with Gasteiger partial charge in [-0.25, -0.2) is 9.69 Å². The highest BCUT2D eigenvalue weighted by Gasteiger charge is 2.36. The van der Waals surface area contributed by atoms with Crippen molar-refractivity contribution in [1.82, 2.24) is 5.32 Å². The number of imide groups is 2. The van der Waals surface area contributed by atoms with Crippen molar-refractivity contribution in [2.45, 2.75) is 13.3 Å². The molecular weight excluding hydrogens is 384 g/mol. The summed E-state index contributed by atoms with van der Waals surface area (Å²) in [5, 5.41) is 2.21. The molecule has 0 atom stereocenters. The second-order valence-electron chi connectivity index (χ2n) is 6.47. The first kappa shape index (κ1) is 20.9. The fourth-order valence-electron chi connectivity index (χ4n) is 2.79. The zero-order valence-corrected chi connectivity index (χ0v) is 16.6. The lowest BCUT2D eigenvalue weighted by molar-refractivity contribution is -0.122. The molecule has 1 N–H and O–H groups in total. The Labute approximate surface area is 174 Å². The van der Waals surface area contributed by atoms with Crippen molar-refractivity contribution in [3.05, 3.63) is 72.3 Å². The van der Waals surface area contributed by atoms with Crippen molar-refractivity contribution < 1.29 is 23.9 Å². The normalized spacial score (nSPS) is 15.2.